The lowest BCUT2D eigenvalue weighted by atomic mass is 10.0. The van der Waals surface area contributed by atoms with Crippen LogP contribution in [0.4, 0.5) is 5.69 Å². The Kier molecular flexibility index (Phi) is 2.99. The van der Waals surface area contributed by atoms with Gasteiger partial charge in [0, 0.05) is 18.4 Å². The van der Waals surface area contributed by atoms with E-state index in [1.54, 1.807) is 19.2 Å². The molecule has 4 nitrogen and oxygen atoms in total. The molecule has 0 bridgehead atoms. The molecule has 1 aliphatic rings. The van der Waals surface area contributed by atoms with Crippen LogP contribution in [0.3, 0.4) is 0 Å². The molecule has 0 radical (unpaired) electrons. The van der Waals surface area contributed by atoms with Crippen LogP contribution < -0.4 is 4.90 Å². The molecule has 2 heterocycles. The standard InChI is InChI=1S/C15H15N3O/c1-11-16-9-8-13(17-11)15(19)18-10-4-6-12-5-2-3-7-14(12)18/h2-3,5,7-9H,4,6,10H2,1H3. The van der Waals surface area contributed by atoms with Gasteiger partial charge in [0.05, 0.1) is 0 Å². The molecule has 3 rings (SSSR count). The van der Waals surface area contributed by atoms with E-state index in [0.717, 1.165) is 25.1 Å². The van der Waals surface area contributed by atoms with Crippen LogP contribution in [0, 0.1) is 6.92 Å². The Morgan fingerprint density at radius 1 is 1.26 bits per heavy atom. The van der Waals surface area contributed by atoms with Crippen molar-refractivity contribution in [3.05, 3.63) is 53.6 Å². The van der Waals surface area contributed by atoms with E-state index in [4.69, 9.17) is 0 Å². The summed E-state index contributed by atoms with van der Waals surface area (Å²) in [7, 11) is 0. The van der Waals surface area contributed by atoms with Crippen LogP contribution in [0.25, 0.3) is 0 Å². The highest BCUT2D eigenvalue weighted by Gasteiger charge is 2.24. The number of carbonyl (C=O) groups excluding carboxylic acids is 1. The monoisotopic (exact) mass is 253 g/mol. The summed E-state index contributed by atoms with van der Waals surface area (Å²) >= 11 is 0. The van der Waals surface area contributed by atoms with Crippen LogP contribution in [-0.2, 0) is 6.42 Å². The molecule has 0 unspecified atom stereocenters. The number of aryl methyl sites for hydroxylation is 2. The van der Waals surface area contributed by atoms with E-state index in [0.29, 0.717) is 11.5 Å². The second-order valence-electron chi connectivity index (χ2n) is 4.68. The Labute approximate surface area is 112 Å². The molecule has 96 valence electrons. The van der Waals surface area contributed by atoms with Gasteiger partial charge in [-0.25, -0.2) is 9.97 Å². The van der Waals surface area contributed by atoms with Crippen molar-refractivity contribution >= 4 is 11.6 Å². The number of anilines is 1. The minimum atomic E-state index is -0.0438. The van der Waals surface area contributed by atoms with Crippen molar-refractivity contribution in [2.45, 2.75) is 19.8 Å². The molecule has 1 aliphatic heterocycles. The predicted molar refractivity (Wildman–Crippen MR) is 73.2 cm³/mol. The maximum absolute atomic E-state index is 12.6. The summed E-state index contributed by atoms with van der Waals surface area (Å²) in [5.74, 6) is 0.578. The van der Waals surface area contributed by atoms with E-state index < -0.39 is 0 Å². The fourth-order valence-corrected chi connectivity index (χ4v) is 2.46. The van der Waals surface area contributed by atoms with Crippen molar-refractivity contribution in [3.63, 3.8) is 0 Å². The Morgan fingerprint density at radius 2 is 2.11 bits per heavy atom. The summed E-state index contributed by atoms with van der Waals surface area (Å²) in [5, 5.41) is 0. The van der Waals surface area contributed by atoms with E-state index in [-0.39, 0.29) is 5.91 Å². The normalized spacial score (nSPS) is 14.1. The smallest absolute Gasteiger partial charge is 0.277 e. The molecule has 0 N–H and O–H groups in total. The van der Waals surface area contributed by atoms with Crippen molar-refractivity contribution in [1.29, 1.82) is 0 Å². The SMILES string of the molecule is Cc1nccc(C(=O)N2CCCc3ccccc32)n1. The number of fused-ring (bicyclic) bond motifs is 1. The first-order chi connectivity index (χ1) is 9.25. The van der Waals surface area contributed by atoms with Gasteiger partial charge in [0.2, 0.25) is 0 Å². The molecule has 0 fully saturated rings. The molecule has 0 saturated heterocycles. The molecule has 0 aliphatic carbocycles. The van der Waals surface area contributed by atoms with Crippen LogP contribution in [0.15, 0.2) is 36.5 Å². The van der Waals surface area contributed by atoms with Crippen molar-refractivity contribution in [1.82, 2.24) is 9.97 Å². The van der Waals surface area contributed by atoms with Gasteiger partial charge in [-0.2, -0.15) is 0 Å². The van der Waals surface area contributed by atoms with Gasteiger partial charge in [-0.15, -0.1) is 0 Å². The molecule has 0 saturated carbocycles. The van der Waals surface area contributed by atoms with E-state index >= 15 is 0 Å². The highest BCUT2D eigenvalue weighted by atomic mass is 16.2. The summed E-state index contributed by atoms with van der Waals surface area (Å²) in [6.45, 7) is 2.54. The molecule has 0 atom stereocenters. The number of hydrogen-bond acceptors (Lipinski definition) is 3. The van der Waals surface area contributed by atoms with Crippen LogP contribution in [0.1, 0.15) is 28.3 Å². The lowest BCUT2D eigenvalue weighted by molar-refractivity contribution is 0.0980. The summed E-state index contributed by atoms with van der Waals surface area (Å²) < 4.78 is 0. The van der Waals surface area contributed by atoms with Crippen LogP contribution in [-0.4, -0.2) is 22.4 Å². The van der Waals surface area contributed by atoms with Crippen LogP contribution >= 0.6 is 0 Å². The van der Waals surface area contributed by atoms with Gasteiger partial charge in [-0.3, -0.25) is 4.79 Å². The Bertz CT molecular complexity index is 624. The molecule has 4 heteroatoms. The zero-order chi connectivity index (χ0) is 13.2. The van der Waals surface area contributed by atoms with E-state index in [1.807, 2.05) is 23.1 Å². The number of para-hydroxylation sites is 1. The first-order valence-corrected chi connectivity index (χ1v) is 6.45. The van der Waals surface area contributed by atoms with Crippen molar-refractivity contribution in [3.8, 4) is 0 Å². The Hall–Kier alpha value is -2.23. The van der Waals surface area contributed by atoms with Crippen LogP contribution in [0.5, 0.6) is 0 Å². The lowest BCUT2D eigenvalue weighted by Gasteiger charge is -2.29. The zero-order valence-corrected chi connectivity index (χ0v) is 10.8. The highest BCUT2D eigenvalue weighted by molar-refractivity contribution is 6.05. The van der Waals surface area contributed by atoms with E-state index in [9.17, 15) is 4.79 Å². The molecule has 1 aromatic carbocycles. The maximum Gasteiger partial charge on any atom is 0.277 e. The molecule has 1 aromatic heterocycles. The number of benzene rings is 1. The average molecular weight is 253 g/mol. The third kappa shape index (κ3) is 2.21. The van der Waals surface area contributed by atoms with Gasteiger partial charge in [-0.1, -0.05) is 18.2 Å². The van der Waals surface area contributed by atoms with Crippen molar-refractivity contribution < 1.29 is 4.79 Å². The van der Waals surface area contributed by atoms with Crippen molar-refractivity contribution in [2.75, 3.05) is 11.4 Å². The van der Waals surface area contributed by atoms with Gasteiger partial charge in [-0.05, 0) is 37.5 Å². The minimum absolute atomic E-state index is 0.0438. The predicted octanol–water partition coefficient (Wildman–Crippen LogP) is 2.38. The molecule has 1 amide bonds. The first-order valence-electron chi connectivity index (χ1n) is 6.45. The number of aromatic nitrogens is 2. The van der Waals surface area contributed by atoms with Gasteiger partial charge < -0.3 is 4.90 Å². The Morgan fingerprint density at radius 3 is 2.95 bits per heavy atom. The fraction of sp³-hybridized carbons (Fsp3) is 0.267. The molecule has 19 heavy (non-hydrogen) atoms. The van der Waals surface area contributed by atoms with Gasteiger partial charge in [0.1, 0.15) is 11.5 Å². The second kappa shape index (κ2) is 4.80. The summed E-state index contributed by atoms with van der Waals surface area (Å²) in [6.07, 6.45) is 3.65. The second-order valence-corrected chi connectivity index (χ2v) is 4.68. The third-order valence-corrected chi connectivity index (χ3v) is 3.35. The first kappa shape index (κ1) is 11.8. The number of carbonyl (C=O) groups is 1. The molecule has 0 spiro atoms. The fourth-order valence-electron chi connectivity index (χ4n) is 2.46. The van der Waals surface area contributed by atoms with Crippen molar-refractivity contribution in [2.24, 2.45) is 0 Å². The summed E-state index contributed by atoms with van der Waals surface area (Å²) in [6, 6.07) is 9.74. The lowest BCUT2D eigenvalue weighted by Crippen LogP contribution is -2.36. The minimum Gasteiger partial charge on any atom is -0.307 e. The quantitative estimate of drug-likeness (QED) is 0.784. The molecule has 2 aromatic rings. The Balaban J connectivity index is 1.98. The number of rotatable bonds is 1. The molecular weight excluding hydrogens is 238 g/mol. The van der Waals surface area contributed by atoms with E-state index in [1.165, 1.54) is 5.56 Å². The molecular formula is C15H15N3O. The third-order valence-electron chi connectivity index (χ3n) is 3.35. The van der Waals surface area contributed by atoms with Gasteiger partial charge in [0.15, 0.2) is 0 Å². The largest absolute Gasteiger partial charge is 0.307 e. The van der Waals surface area contributed by atoms with Gasteiger partial charge >= 0.3 is 0 Å². The summed E-state index contributed by atoms with van der Waals surface area (Å²) in [4.78, 5) is 22.6. The van der Waals surface area contributed by atoms with Crippen LogP contribution in [0.2, 0.25) is 0 Å². The number of nitrogens with zero attached hydrogens (tertiary/aromatic N) is 3. The zero-order valence-electron chi connectivity index (χ0n) is 10.8. The van der Waals surface area contributed by atoms with Gasteiger partial charge in [0.25, 0.3) is 5.91 Å². The average Bonchev–Trinajstić information content (AvgIpc) is 2.46. The highest BCUT2D eigenvalue weighted by Crippen LogP contribution is 2.27. The van der Waals surface area contributed by atoms with E-state index in [2.05, 4.69) is 16.0 Å². The maximum atomic E-state index is 12.6. The topological polar surface area (TPSA) is 46.1 Å². The summed E-state index contributed by atoms with van der Waals surface area (Å²) in [5.41, 5.74) is 2.70. The number of amides is 1. The number of hydrogen-bond donors (Lipinski definition) is 0.